The molecule has 1 unspecified atom stereocenters. The number of aliphatic hydroxyl groups is 1. The summed E-state index contributed by atoms with van der Waals surface area (Å²) in [4.78, 5) is 0. The first-order valence-corrected chi connectivity index (χ1v) is 3.47. The van der Waals surface area contributed by atoms with Gasteiger partial charge in [0.05, 0.1) is 6.10 Å². The van der Waals surface area contributed by atoms with Crippen LogP contribution in [0.15, 0.2) is 0 Å². The lowest BCUT2D eigenvalue weighted by atomic mass is 9.89. The molecule has 0 aromatic heterocycles. The predicted octanol–water partition coefficient (Wildman–Crippen LogP) is 1.56. The third kappa shape index (κ3) is 1.48. The van der Waals surface area contributed by atoms with Gasteiger partial charge in [0, 0.05) is 0 Å². The molecule has 0 aliphatic heterocycles. The zero-order valence-electron chi connectivity index (χ0n) is 5.43. The van der Waals surface area contributed by atoms with Crippen LogP contribution in [0.2, 0.25) is 0 Å². The van der Waals surface area contributed by atoms with Crippen LogP contribution in [-0.4, -0.2) is 11.2 Å². The molecule has 1 saturated carbocycles. The maximum absolute atomic E-state index is 9.08. The predicted molar refractivity (Wildman–Crippen MR) is 33.6 cm³/mol. The fourth-order valence-corrected chi connectivity index (χ4v) is 1.40. The minimum Gasteiger partial charge on any atom is -0.393 e. The van der Waals surface area contributed by atoms with Crippen molar-refractivity contribution in [3.05, 3.63) is 0 Å². The fraction of sp³-hybridized carbons (Fsp3) is 1.00. The fourth-order valence-electron chi connectivity index (χ4n) is 1.40. The number of rotatable bonds is 0. The van der Waals surface area contributed by atoms with E-state index in [1.165, 1.54) is 12.8 Å². The highest BCUT2D eigenvalue weighted by Gasteiger charge is 2.15. The Bertz CT molecular complexity index is 62.8. The molecule has 1 rings (SSSR count). The van der Waals surface area contributed by atoms with Crippen LogP contribution in [0, 0.1) is 5.92 Å². The molecule has 2 atom stereocenters. The molecule has 1 fully saturated rings. The van der Waals surface area contributed by atoms with E-state index in [-0.39, 0.29) is 6.10 Å². The normalized spacial score (nSPS) is 39.8. The first-order valence-electron chi connectivity index (χ1n) is 3.47. The van der Waals surface area contributed by atoms with Gasteiger partial charge in [-0.1, -0.05) is 19.8 Å². The smallest absolute Gasteiger partial charge is 0.0542 e. The van der Waals surface area contributed by atoms with Crippen molar-refractivity contribution in [1.29, 1.82) is 0 Å². The van der Waals surface area contributed by atoms with Crippen molar-refractivity contribution in [3.63, 3.8) is 0 Å². The summed E-state index contributed by atoms with van der Waals surface area (Å²) in [5.41, 5.74) is 0. The van der Waals surface area contributed by atoms with Crippen LogP contribution in [0.1, 0.15) is 32.6 Å². The van der Waals surface area contributed by atoms with E-state index in [4.69, 9.17) is 5.11 Å². The van der Waals surface area contributed by atoms with Crippen LogP contribution in [0.5, 0.6) is 0 Å². The second-order valence-corrected chi connectivity index (χ2v) is 2.93. The summed E-state index contributed by atoms with van der Waals surface area (Å²) in [6, 6.07) is 0. The van der Waals surface area contributed by atoms with Crippen LogP contribution in [0.3, 0.4) is 0 Å². The van der Waals surface area contributed by atoms with Crippen LogP contribution in [0.25, 0.3) is 0 Å². The van der Waals surface area contributed by atoms with Gasteiger partial charge in [-0.3, -0.25) is 0 Å². The van der Waals surface area contributed by atoms with Crippen molar-refractivity contribution in [2.24, 2.45) is 5.92 Å². The Kier molecular flexibility index (Phi) is 1.90. The molecular weight excluding hydrogens is 100 g/mol. The van der Waals surface area contributed by atoms with Crippen LogP contribution < -0.4 is 0 Å². The van der Waals surface area contributed by atoms with Gasteiger partial charge in [-0.25, -0.2) is 0 Å². The van der Waals surface area contributed by atoms with Crippen molar-refractivity contribution in [3.8, 4) is 0 Å². The Morgan fingerprint density at radius 1 is 1.38 bits per heavy atom. The molecule has 8 heavy (non-hydrogen) atoms. The molecule has 1 N–H and O–H groups in total. The molecule has 0 amide bonds. The molecule has 0 radical (unpaired) electrons. The van der Waals surface area contributed by atoms with Crippen molar-refractivity contribution in [2.45, 2.75) is 38.7 Å². The third-order valence-corrected chi connectivity index (χ3v) is 1.91. The summed E-state index contributed by atoms with van der Waals surface area (Å²) in [5, 5.41) is 9.08. The summed E-state index contributed by atoms with van der Waals surface area (Å²) in [5.74, 6) is 0.763. The molecule has 1 nitrogen and oxygen atoms in total. The summed E-state index contributed by atoms with van der Waals surface area (Å²) in [7, 11) is 0. The van der Waals surface area contributed by atoms with Gasteiger partial charge in [0.1, 0.15) is 0 Å². The highest BCUT2D eigenvalue weighted by atomic mass is 16.3. The molecule has 0 aromatic carbocycles. The van der Waals surface area contributed by atoms with E-state index in [0.717, 1.165) is 18.8 Å². The summed E-state index contributed by atoms with van der Waals surface area (Å²) in [6.45, 7) is 2.21. The van der Waals surface area contributed by atoms with E-state index in [9.17, 15) is 0 Å². The molecule has 1 aliphatic rings. The molecular formula is C7H14O. The van der Waals surface area contributed by atoms with E-state index in [2.05, 4.69) is 6.92 Å². The summed E-state index contributed by atoms with van der Waals surface area (Å²) < 4.78 is 0. The lowest BCUT2D eigenvalue weighted by molar-refractivity contribution is 0.106. The number of aliphatic hydroxyl groups excluding tert-OH is 1. The molecule has 0 aromatic rings. The molecule has 1 aliphatic carbocycles. The number of hydrogen-bond donors (Lipinski definition) is 1. The van der Waals surface area contributed by atoms with Gasteiger partial charge in [0.2, 0.25) is 0 Å². The minimum absolute atomic E-state index is 0.0127. The van der Waals surface area contributed by atoms with E-state index < -0.39 is 0 Å². The zero-order chi connectivity index (χ0) is 5.98. The Balaban J connectivity index is 2.23. The Labute approximate surface area is 50.7 Å². The van der Waals surface area contributed by atoms with Crippen molar-refractivity contribution >= 4 is 0 Å². The maximum atomic E-state index is 9.08. The largest absolute Gasteiger partial charge is 0.393 e. The maximum Gasteiger partial charge on any atom is 0.0542 e. The average molecular weight is 114 g/mol. The molecule has 0 bridgehead atoms. The van der Waals surface area contributed by atoms with Gasteiger partial charge in [-0.2, -0.15) is 0 Å². The molecule has 0 saturated heterocycles. The van der Waals surface area contributed by atoms with Crippen molar-refractivity contribution in [2.75, 3.05) is 0 Å². The zero-order valence-corrected chi connectivity index (χ0v) is 5.43. The van der Waals surface area contributed by atoms with Crippen LogP contribution in [0.4, 0.5) is 0 Å². The van der Waals surface area contributed by atoms with Crippen LogP contribution in [-0.2, 0) is 0 Å². The highest BCUT2D eigenvalue weighted by Crippen LogP contribution is 2.22. The van der Waals surface area contributed by atoms with Gasteiger partial charge in [-0.15, -0.1) is 0 Å². The van der Waals surface area contributed by atoms with Crippen molar-refractivity contribution < 1.29 is 5.11 Å². The molecule has 48 valence electrons. The Morgan fingerprint density at radius 3 is 2.50 bits per heavy atom. The molecule has 0 heterocycles. The van der Waals surface area contributed by atoms with Crippen LogP contribution >= 0.6 is 0 Å². The molecule has 0 spiro atoms. The first-order chi connectivity index (χ1) is 3.79. The lowest BCUT2D eigenvalue weighted by Gasteiger charge is -2.21. The third-order valence-electron chi connectivity index (χ3n) is 1.91. The topological polar surface area (TPSA) is 20.2 Å². The van der Waals surface area contributed by atoms with E-state index in [1.54, 1.807) is 0 Å². The average Bonchev–Trinajstić information content (AvgIpc) is 1.64. The summed E-state index contributed by atoms with van der Waals surface area (Å²) >= 11 is 0. The number of hydrogen-bond acceptors (Lipinski definition) is 1. The first kappa shape index (κ1) is 6.09. The quantitative estimate of drug-likeness (QED) is 0.506. The second kappa shape index (κ2) is 2.49. The summed E-state index contributed by atoms with van der Waals surface area (Å²) in [6.07, 6.45) is 4.61. The Morgan fingerprint density at radius 2 is 2.12 bits per heavy atom. The monoisotopic (exact) mass is 114 g/mol. The van der Waals surface area contributed by atoms with Crippen molar-refractivity contribution in [1.82, 2.24) is 0 Å². The van der Waals surface area contributed by atoms with Gasteiger partial charge >= 0.3 is 0 Å². The molecule has 1 heteroatoms. The van der Waals surface area contributed by atoms with Gasteiger partial charge in [0.25, 0.3) is 0 Å². The van der Waals surface area contributed by atoms with Gasteiger partial charge in [-0.05, 0) is 18.8 Å². The minimum atomic E-state index is 0.0127. The van der Waals surface area contributed by atoms with E-state index in [1.807, 2.05) is 0 Å². The lowest BCUT2D eigenvalue weighted by Crippen LogP contribution is -2.16. The van der Waals surface area contributed by atoms with Gasteiger partial charge in [0.15, 0.2) is 0 Å². The van der Waals surface area contributed by atoms with Gasteiger partial charge < -0.3 is 5.11 Å². The Hall–Kier alpha value is -0.0400. The standard InChI is InChI=1S/C7H14O/c1-6-3-2-4-7(8)5-6/h6-8H,2-5H2,1H3/t6?,7-/m1/s1. The highest BCUT2D eigenvalue weighted by molar-refractivity contribution is 4.67. The van der Waals surface area contributed by atoms with E-state index >= 15 is 0 Å². The van der Waals surface area contributed by atoms with E-state index in [0.29, 0.717) is 0 Å². The SMILES string of the molecule is CC1CCC[C@@H](O)C1. The second-order valence-electron chi connectivity index (χ2n) is 2.93.